The first-order chi connectivity index (χ1) is 6.22. The summed E-state index contributed by atoms with van der Waals surface area (Å²) < 4.78 is 0. The Labute approximate surface area is 82.5 Å². The molecule has 1 fully saturated rings. The van der Waals surface area contributed by atoms with E-state index in [1.54, 1.807) is 0 Å². The smallest absolute Gasteiger partial charge is 0.0168 e. The van der Waals surface area contributed by atoms with Gasteiger partial charge in [-0.05, 0) is 31.7 Å². The number of rotatable bonds is 4. The predicted molar refractivity (Wildman–Crippen MR) is 57.7 cm³/mol. The fraction of sp³-hybridized carbons (Fsp3) is 1.00. The Morgan fingerprint density at radius 1 is 1.54 bits per heavy atom. The highest BCUT2D eigenvalue weighted by molar-refractivity contribution is 4.75. The van der Waals surface area contributed by atoms with Crippen molar-refractivity contribution in [1.29, 1.82) is 0 Å². The average molecular weight is 184 g/mol. The van der Waals surface area contributed by atoms with Crippen molar-refractivity contribution in [2.75, 3.05) is 19.6 Å². The SMILES string of the molecule is CCCC(C)CN1CCC[C@@H](N)C1. The molecule has 0 aromatic heterocycles. The molecule has 0 bridgehead atoms. The number of nitrogens with two attached hydrogens (primary N) is 1. The lowest BCUT2D eigenvalue weighted by Gasteiger charge is -2.32. The second-order valence-corrected chi connectivity index (χ2v) is 4.56. The van der Waals surface area contributed by atoms with Crippen molar-refractivity contribution in [3.63, 3.8) is 0 Å². The van der Waals surface area contributed by atoms with E-state index in [0.717, 1.165) is 12.5 Å². The summed E-state index contributed by atoms with van der Waals surface area (Å²) in [6.07, 6.45) is 5.17. The van der Waals surface area contributed by atoms with E-state index in [-0.39, 0.29) is 0 Å². The van der Waals surface area contributed by atoms with Crippen LogP contribution in [0.4, 0.5) is 0 Å². The molecule has 1 aliphatic heterocycles. The van der Waals surface area contributed by atoms with E-state index in [1.165, 1.54) is 38.8 Å². The molecule has 2 atom stereocenters. The molecule has 0 spiro atoms. The van der Waals surface area contributed by atoms with Crippen LogP contribution in [0.1, 0.15) is 39.5 Å². The molecule has 1 saturated heterocycles. The van der Waals surface area contributed by atoms with E-state index < -0.39 is 0 Å². The first-order valence-corrected chi connectivity index (χ1v) is 5.70. The van der Waals surface area contributed by atoms with Gasteiger partial charge >= 0.3 is 0 Å². The van der Waals surface area contributed by atoms with Crippen LogP contribution in [0.5, 0.6) is 0 Å². The summed E-state index contributed by atoms with van der Waals surface area (Å²) in [5.41, 5.74) is 5.93. The molecule has 1 aliphatic rings. The molecule has 13 heavy (non-hydrogen) atoms. The molecule has 1 unspecified atom stereocenters. The molecule has 1 heterocycles. The molecule has 1 rings (SSSR count). The Balaban J connectivity index is 2.19. The van der Waals surface area contributed by atoms with E-state index in [1.807, 2.05) is 0 Å². The third-order valence-electron chi connectivity index (χ3n) is 2.89. The highest BCUT2D eigenvalue weighted by Gasteiger charge is 2.17. The van der Waals surface area contributed by atoms with E-state index in [0.29, 0.717) is 6.04 Å². The zero-order valence-electron chi connectivity index (χ0n) is 9.13. The molecular weight excluding hydrogens is 160 g/mol. The van der Waals surface area contributed by atoms with Crippen LogP contribution in [0.3, 0.4) is 0 Å². The minimum atomic E-state index is 0.433. The lowest BCUT2D eigenvalue weighted by molar-refractivity contribution is 0.181. The number of hydrogen-bond acceptors (Lipinski definition) is 2. The minimum absolute atomic E-state index is 0.433. The van der Waals surface area contributed by atoms with Gasteiger partial charge in [0.25, 0.3) is 0 Å². The number of nitrogens with zero attached hydrogens (tertiary/aromatic N) is 1. The van der Waals surface area contributed by atoms with Gasteiger partial charge in [-0.25, -0.2) is 0 Å². The van der Waals surface area contributed by atoms with Crippen molar-refractivity contribution >= 4 is 0 Å². The van der Waals surface area contributed by atoms with Gasteiger partial charge in [0.1, 0.15) is 0 Å². The van der Waals surface area contributed by atoms with Crippen LogP contribution in [0.15, 0.2) is 0 Å². The number of likely N-dealkylation sites (tertiary alicyclic amines) is 1. The van der Waals surface area contributed by atoms with Crippen LogP contribution in [-0.2, 0) is 0 Å². The number of hydrogen-bond donors (Lipinski definition) is 1. The maximum absolute atomic E-state index is 5.93. The van der Waals surface area contributed by atoms with Gasteiger partial charge in [0, 0.05) is 19.1 Å². The monoisotopic (exact) mass is 184 g/mol. The molecule has 0 amide bonds. The molecule has 0 radical (unpaired) electrons. The summed E-state index contributed by atoms with van der Waals surface area (Å²) in [7, 11) is 0. The first kappa shape index (κ1) is 11.0. The summed E-state index contributed by atoms with van der Waals surface area (Å²) in [6.45, 7) is 8.25. The molecule has 2 heteroatoms. The summed E-state index contributed by atoms with van der Waals surface area (Å²) in [6, 6.07) is 0.433. The second-order valence-electron chi connectivity index (χ2n) is 4.56. The standard InChI is InChI=1S/C11H24N2/c1-3-5-10(2)8-13-7-4-6-11(12)9-13/h10-11H,3-9,12H2,1-2H3/t10?,11-/m1/s1. The van der Waals surface area contributed by atoms with Crippen molar-refractivity contribution in [1.82, 2.24) is 4.90 Å². The zero-order valence-corrected chi connectivity index (χ0v) is 9.13. The Morgan fingerprint density at radius 3 is 2.92 bits per heavy atom. The molecule has 78 valence electrons. The van der Waals surface area contributed by atoms with Crippen molar-refractivity contribution in [2.45, 2.75) is 45.6 Å². The molecule has 0 aromatic carbocycles. The second kappa shape index (κ2) is 5.61. The largest absolute Gasteiger partial charge is 0.327 e. The maximum atomic E-state index is 5.93. The molecule has 0 aromatic rings. The van der Waals surface area contributed by atoms with Gasteiger partial charge < -0.3 is 10.6 Å². The van der Waals surface area contributed by atoms with E-state index >= 15 is 0 Å². The van der Waals surface area contributed by atoms with E-state index in [4.69, 9.17) is 5.73 Å². The van der Waals surface area contributed by atoms with Gasteiger partial charge in [0.2, 0.25) is 0 Å². The van der Waals surface area contributed by atoms with E-state index in [9.17, 15) is 0 Å². The van der Waals surface area contributed by atoms with Crippen molar-refractivity contribution in [2.24, 2.45) is 11.7 Å². The fourth-order valence-electron chi connectivity index (χ4n) is 2.28. The fourth-order valence-corrected chi connectivity index (χ4v) is 2.28. The quantitative estimate of drug-likeness (QED) is 0.722. The highest BCUT2D eigenvalue weighted by Crippen LogP contribution is 2.13. The van der Waals surface area contributed by atoms with Crippen molar-refractivity contribution < 1.29 is 0 Å². The lowest BCUT2D eigenvalue weighted by atomic mass is 10.0. The van der Waals surface area contributed by atoms with Crippen molar-refractivity contribution in [3.8, 4) is 0 Å². The summed E-state index contributed by atoms with van der Waals surface area (Å²) in [4.78, 5) is 2.54. The Hall–Kier alpha value is -0.0800. The van der Waals surface area contributed by atoms with Gasteiger partial charge in [-0.2, -0.15) is 0 Å². The first-order valence-electron chi connectivity index (χ1n) is 5.70. The predicted octanol–water partition coefficient (Wildman–Crippen LogP) is 1.85. The van der Waals surface area contributed by atoms with Gasteiger partial charge in [-0.15, -0.1) is 0 Å². The normalized spacial score (nSPS) is 27.5. The van der Waals surface area contributed by atoms with E-state index in [2.05, 4.69) is 18.7 Å². The molecular formula is C11H24N2. The Bertz CT molecular complexity index is 136. The number of piperidine rings is 1. The van der Waals surface area contributed by atoms with Gasteiger partial charge in [-0.1, -0.05) is 20.3 Å². The van der Waals surface area contributed by atoms with Gasteiger partial charge in [0.15, 0.2) is 0 Å². The lowest BCUT2D eigenvalue weighted by Crippen LogP contribution is -2.44. The van der Waals surface area contributed by atoms with Crippen LogP contribution in [0, 0.1) is 5.92 Å². The topological polar surface area (TPSA) is 29.3 Å². The summed E-state index contributed by atoms with van der Waals surface area (Å²) in [5.74, 6) is 0.843. The zero-order chi connectivity index (χ0) is 9.68. The average Bonchev–Trinajstić information content (AvgIpc) is 2.04. The third kappa shape index (κ3) is 4.10. The van der Waals surface area contributed by atoms with Gasteiger partial charge in [-0.3, -0.25) is 0 Å². The molecule has 2 nitrogen and oxygen atoms in total. The van der Waals surface area contributed by atoms with Crippen LogP contribution >= 0.6 is 0 Å². The highest BCUT2D eigenvalue weighted by atomic mass is 15.1. The minimum Gasteiger partial charge on any atom is -0.327 e. The van der Waals surface area contributed by atoms with Crippen LogP contribution < -0.4 is 5.73 Å². The molecule has 2 N–H and O–H groups in total. The summed E-state index contributed by atoms with van der Waals surface area (Å²) in [5, 5.41) is 0. The van der Waals surface area contributed by atoms with Crippen LogP contribution in [0.25, 0.3) is 0 Å². The van der Waals surface area contributed by atoms with Crippen LogP contribution in [-0.4, -0.2) is 30.6 Å². The Morgan fingerprint density at radius 2 is 2.31 bits per heavy atom. The molecule has 0 saturated carbocycles. The summed E-state index contributed by atoms with van der Waals surface area (Å²) >= 11 is 0. The maximum Gasteiger partial charge on any atom is 0.0168 e. The molecule has 0 aliphatic carbocycles. The Kier molecular flexibility index (Phi) is 4.74. The van der Waals surface area contributed by atoms with Crippen LogP contribution in [0.2, 0.25) is 0 Å². The third-order valence-corrected chi connectivity index (χ3v) is 2.89. The van der Waals surface area contributed by atoms with Crippen molar-refractivity contribution in [3.05, 3.63) is 0 Å². The van der Waals surface area contributed by atoms with Gasteiger partial charge in [0.05, 0.1) is 0 Å².